The average molecular weight is 303 g/mol. The van der Waals surface area contributed by atoms with E-state index >= 15 is 0 Å². The topological polar surface area (TPSA) is 45.7 Å². The molecular formula is C17H25N3O2. The van der Waals surface area contributed by atoms with Crippen molar-refractivity contribution in [2.24, 2.45) is 5.41 Å². The number of pyridine rings is 1. The minimum Gasteiger partial charge on any atom is -0.383 e. The van der Waals surface area contributed by atoms with E-state index in [1.807, 2.05) is 17.2 Å². The summed E-state index contributed by atoms with van der Waals surface area (Å²) in [7, 11) is 1.69. The Balaban J connectivity index is 1.64. The molecule has 0 radical (unpaired) electrons. The average Bonchev–Trinajstić information content (AvgIpc) is 2.83. The van der Waals surface area contributed by atoms with E-state index in [4.69, 9.17) is 4.74 Å². The third kappa shape index (κ3) is 3.15. The van der Waals surface area contributed by atoms with Gasteiger partial charge in [0, 0.05) is 45.7 Å². The molecule has 3 heterocycles. The van der Waals surface area contributed by atoms with Crippen molar-refractivity contribution in [2.75, 3.05) is 39.9 Å². The van der Waals surface area contributed by atoms with Crippen LogP contribution in [-0.4, -0.2) is 60.6 Å². The smallest absolute Gasteiger partial charge is 0.230 e. The summed E-state index contributed by atoms with van der Waals surface area (Å²) < 4.78 is 5.12. The fourth-order valence-electron chi connectivity index (χ4n) is 3.80. The van der Waals surface area contributed by atoms with Crippen molar-refractivity contribution in [1.29, 1.82) is 0 Å². The highest BCUT2D eigenvalue weighted by atomic mass is 16.5. The van der Waals surface area contributed by atoms with E-state index in [2.05, 4.69) is 16.0 Å². The van der Waals surface area contributed by atoms with E-state index < -0.39 is 0 Å². The fourth-order valence-corrected chi connectivity index (χ4v) is 3.80. The molecule has 1 atom stereocenters. The van der Waals surface area contributed by atoms with Crippen LogP contribution < -0.4 is 0 Å². The number of carbonyl (C=O) groups excluding carboxylic acids is 1. The van der Waals surface area contributed by atoms with Crippen molar-refractivity contribution < 1.29 is 9.53 Å². The molecule has 1 aromatic heterocycles. The van der Waals surface area contributed by atoms with Crippen molar-refractivity contribution >= 4 is 5.91 Å². The zero-order valence-corrected chi connectivity index (χ0v) is 13.3. The molecular weight excluding hydrogens is 278 g/mol. The van der Waals surface area contributed by atoms with Crippen molar-refractivity contribution in [3.63, 3.8) is 0 Å². The number of hydrogen-bond donors (Lipinski definition) is 0. The van der Waals surface area contributed by atoms with Gasteiger partial charge in [0.2, 0.25) is 5.91 Å². The van der Waals surface area contributed by atoms with Crippen LogP contribution in [0.2, 0.25) is 0 Å². The molecule has 1 aromatic rings. The number of methoxy groups -OCH3 is 1. The maximum Gasteiger partial charge on any atom is 0.230 e. The van der Waals surface area contributed by atoms with E-state index in [-0.39, 0.29) is 5.41 Å². The van der Waals surface area contributed by atoms with Crippen molar-refractivity contribution in [2.45, 2.75) is 25.8 Å². The Kier molecular flexibility index (Phi) is 4.74. The first-order chi connectivity index (χ1) is 10.7. The van der Waals surface area contributed by atoms with Gasteiger partial charge in [-0.1, -0.05) is 6.07 Å². The number of nitrogens with zero attached hydrogens (tertiary/aromatic N) is 3. The molecule has 0 saturated carbocycles. The number of ether oxygens (including phenoxy) is 1. The molecule has 0 aliphatic carbocycles. The maximum atomic E-state index is 12.8. The quantitative estimate of drug-likeness (QED) is 0.828. The van der Waals surface area contributed by atoms with Crippen LogP contribution in [0.5, 0.6) is 0 Å². The summed E-state index contributed by atoms with van der Waals surface area (Å²) in [5, 5.41) is 0. The van der Waals surface area contributed by atoms with Gasteiger partial charge in [0.25, 0.3) is 0 Å². The first-order valence-electron chi connectivity index (χ1n) is 8.13. The van der Waals surface area contributed by atoms with E-state index in [0.717, 1.165) is 52.0 Å². The molecule has 0 bridgehead atoms. The molecule has 120 valence electrons. The van der Waals surface area contributed by atoms with Crippen molar-refractivity contribution in [3.05, 3.63) is 30.1 Å². The van der Waals surface area contributed by atoms with Crippen LogP contribution in [0.4, 0.5) is 0 Å². The second kappa shape index (κ2) is 6.75. The van der Waals surface area contributed by atoms with Crippen LogP contribution in [0.25, 0.3) is 0 Å². The molecule has 5 heteroatoms. The molecule has 0 unspecified atom stereocenters. The lowest BCUT2D eigenvalue weighted by Gasteiger charge is -2.39. The van der Waals surface area contributed by atoms with Gasteiger partial charge in [-0.15, -0.1) is 0 Å². The molecule has 2 fully saturated rings. The molecule has 5 nitrogen and oxygen atoms in total. The number of carbonyl (C=O) groups is 1. The van der Waals surface area contributed by atoms with Crippen LogP contribution >= 0.6 is 0 Å². The lowest BCUT2D eigenvalue weighted by molar-refractivity contribution is -0.139. The highest BCUT2D eigenvalue weighted by molar-refractivity contribution is 5.85. The Morgan fingerprint density at radius 3 is 3.05 bits per heavy atom. The predicted molar refractivity (Wildman–Crippen MR) is 84.3 cm³/mol. The van der Waals surface area contributed by atoms with Gasteiger partial charge >= 0.3 is 0 Å². The monoisotopic (exact) mass is 303 g/mol. The number of likely N-dealkylation sites (tertiary alicyclic amines) is 2. The number of rotatable bonds is 5. The highest BCUT2D eigenvalue weighted by Crippen LogP contribution is 2.40. The molecule has 2 saturated heterocycles. The Labute approximate surface area is 132 Å². The van der Waals surface area contributed by atoms with Crippen LogP contribution in [0.15, 0.2) is 24.5 Å². The summed E-state index contributed by atoms with van der Waals surface area (Å²) in [4.78, 5) is 21.4. The van der Waals surface area contributed by atoms with E-state index in [0.29, 0.717) is 12.5 Å². The molecule has 1 amide bonds. The molecule has 0 aromatic carbocycles. The van der Waals surface area contributed by atoms with Crippen LogP contribution in [-0.2, 0) is 16.1 Å². The number of hydrogen-bond acceptors (Lipinski definition) is 4. The highest BCUT2D eigenvalue weighted by Gasteiger charge is 2.48. The van der Waals surface area contributed by atoms with Crippen LogP contribution in [0.1, 0.15) is 24.8 Å². The summed E-state index contributed by atoms with van der Waals surface area (Å²) in [5.74, 6) is 0.334. The van der Waals surface area contributed by atoms with Crippen molar-refractivity contribution in [3.8, 4) is 0 Å². The van der Waals surface area contributed by atoms with Gasteiger partial charge in [0.1, 0.15) is 0 Å². The van der Waals surface area contributed by atoms with Gasteiger partial charge in [-0.05, 0) is 37.4 Å². The molecule has 22 heavy (non-hydrogen) atoms. The number of amides is 1. The van der Waals surface area contributed by atoms with Gasteiger partial charge in [-0.3, -0.25) is 14.7 Å². The Hall–Kier alpha value is -1.46. The first kappa shape index (κ1) is 15.4. The Bertz CT molecular complexity index is 508. The third-order valence-electron chi connectivity index (χ3n) is 4.95. The summed E-state index contributed by atoms with van der Waals surface area (Å²) in [6.45, 7) is 5.07. The second-order valence-corrected chi connectivity index (χ2v) is 6.49. The van der Waals surface area contributed by atoms with Gasteiger partial charge in [-0.25, -0.2) is 0 Å². The third-order valence-corrected chi connectivity index (χ3v) is 4.95. The Morgan fingerprint density at radius 1 is 1.36 bits per heavy atom. The van der Waals surface area contributed by atoms with Crippen LogP contribution in [0, 0.1) is 5.41 Å². The Morgan fingerprint density at radius 2 is 2.27 bits per heavy atom. The minimum atomic E-state index is -0.159. The second-order valence-electron chi connectivity index (χ2n) is 6.49. The molecule has 2 aliphatic heterocycles. The van der Waals surface area contributed by atoms with Gasteiger partial charge < -0.3 is 9.64 Å². The normalized spacial score (nSPS) is 26.0. The number of piperidine rings is 1. The zero-order valence-electron chi connectivity index (χ0n) is 13.3. The molecule has 1 spiro atoms. The lowest BCUT2D eigenvalue weighted by Crippen LogP contribution is -2.47. The maximum absolute atomic E-state index is 12.8. The summed E-state index contributed by atoms with van der Waals surface area (Å²) >= 11 is 0. The lowest BCUT2D eigenvalue weighted by atomic mass is 9.78. The summed E-state index contributed by atoms with van der Waals surface area (Å²) in [5.41, 5.74) is 1.06. The fraction of sp³-hybridized carbons (Fsp3) is 0.647. The van der Waals surface area contributed by atoms with Crippen LogP contribution in [0.3, 0.4) is 0 Å². The van der Waals surface area contributed by atoms with Gasteiger partial charge in [-0.2, -0.15) is 0 Å². The molecule has 0 N–H and O–H groups in total. The largest absolute Gasteiger partial charge is 0.383 e. The first-order valence-corrected chi connectivity index (χ1v) is 8.13. The zero-order chi connectivity index (χ0) is 15.4. The standard InChI is InChI=1S/C17H25N3O2/c1-22-11-10-20-9-6-17(16(20)21)5-3-8-19(14-17)13-15-4-2-7-18-12-15/h2,4,7,12H,3,5-6,8-11,13-14H2,1H3/t17-/m1/s1. The number of aromatic nitrogens is 1. The van der Waals surface area contributed by atoms with Gasteiger partial charge in [0.05, 0.1) is 12.0 Å². The summed E-state index contributed by atoms with van der Waals surface area (Å²) in [6, 6.07) is 4.08. The minimum absolute atomic E-state index is 0.159. The van der Waals surface area contributed by atoms with E-state index in [9.17, 15) is 4.79 Å². The SMILES string of the molecule is COCCN1CC[C@@]2(CCCN(Cc3cccnc3)C2)C1=O. The molecule has 3 rings (SSSR count). The van der Waals surface area contributed by atoms with E-state index in [1.165, 1.54) is 5.56 Å². The molecule has 2 aliphatic rings. The van der Waals surface area contributed by atoms with Crippen molar-refractivity contribution in [1.82, 2.24) is 14.8 Å². The summed E-state index contributed by atoms with van der Waals surface area (Å²) in [6.07, 6.45) is 6.83. The van der Waals surface area contributed by atoms with E-state index in [1.54, 1.807) is 13.3 Å². The van der Waals surface area contributed by atoms with Gasteiger partial charge in [0.15, 0.2) is 0 Å². The predicted octanol–water partition coefficient (Wildman–Crippen LogP) is 1.54.